The third kappa shape index (κ3) is 3.10. The van der Waals surface area contributed by atoms with Crippen LogP contribution in [0.1, 0.15) is 24.1 Å². The second-order valence-corrected chi connectivity index (χ2v) is 5.41. The summed E-state index contributed by atoms with van der Waals surface area (Å²) in [5, 5.41) is 3.48. The Balaban J connectivity index is 1.65. The van der Waals surface area contributed by atoms with Crippen molar-refractivity contribution in [2.24, 2.45) is 0 Å². The molecule has 0 spiro atoms. The van der Waals surface area contributed by atoms with E-state index in [1.807, 2.05) is 13.1 Å². The van der Waals surface area contributed by atoms with Crippen molar-refractivity contribution in [2.75, 3.05) is 23.3 Å². The number of aromatic nitrogens is 1. The molecule has 1 saturated heterocycles. The Kier molecular flexibility index (Phi) is 3.86. The number of aryl methyl sites for hydroxylation is 1. The average Bonchev–Trinajstić information content (AvgIpc) is 3.01. The van der Waals surface area contributed by atoms with Gasteiger partial charge in [0.25, 0.3) is 0 Å². The van der Waals surface area contributed by atoms with Gasteiger partial charge >= 0.3 is 0 Å². The smallest absolute Gasteiger partial charge is 0.0416 e. The Morgan fingerprint density at radius 2 is 2.00 bits per heavy atom. The summed E-state index contributed by atoms with van der Waals surface area (Å²) in [4.78, 5) is 6.78. The molecule has 1 aromatic heterocycles. The first-order chi connectivity index (χ1) is 9.81. The zero-order valence-corrected chi connectivity index (χ0v) is 12.0. The van der Waals surface area contributed by atoms with Crippen LogP contribution >= 0.6 is 0 Å². The first-order valence-electron chi connectivity index (χ1n) is 7.32. The van der Waals surface area contributed by atoms with Crippen LogP contribution in [0.2, 0.25) is 0 Å². The van der Waals surface area contributed by atoms with Crippen molar-refractivity contribution >= 4 is 11.4 Å². The van der Waals surface area contributed by atoms with Gasteiger partial charge in [0.2, 0.25) is 0 Å². The number of pyridine rings is 1. The van der Waals surface area contributed by atoms with Gasteiger partial charge in [0.1, 0.15) is 0 Å². The summed E-state index contributed by atoms with van der Waals surface area (Å²) < 4.78 is 0. The van der Waals surface area contributed by atoms with Gasteiger partial charge in [-0.25, -0.2) is 0 Å². The Morgan fingerprint density at radius 3 is 2.75 bits per heavy atom. The van der Waals surface area contributed by atoms with Crippen molar-refractivity contribution in [3.8, 4) is 0 Å². The largest absolute Gasteiger partial charge is 0.381 e. The van der Waals surface area contributed by atoms with Gasteiger partial charge < -0.3 is 10.2 Å². The standard InChI is InChI=1S/C17H21N3/c1-14-7-8-15(12-18-14)13-19-16-5-4-6-17(11-16)20-9-2-3-10-20/h4-8,11-12,19H,2-3,9-10,13H2,1H3. The second kappa shape index (κ2) is 5.95. The van der Waals surface area contributed by atoms with Gasteiger partial charge in [-0.2, -0.15) is 0 Å². The highest BCUT2D eigenvalue weighted by molar-refractivity contribution is 5.58. The molecule has 3 heteroatoms. The Hall–Kier alpha value is -2.03. The van der Waals surface area contributed by atoms with E-state index >= 15 is 0 Å². The van der Waals surface area contributed by atoms with Crippen molar-refractivity contribution in [1.82, 2.24) is 4.98 Å². The number of benzene rings is 1. The van der Waals surface area contributed by atoms with Gasteiger partial charge in [0.15, 0.2) is 0 Å². The maximum atomic E-state index is 4.32. The lowest BCUT2D eigenvalue weighted by Gasteiger charge is -2.18. The molecule has 2 heterocycles. The first-order valence-corrected chi connectivity index (χ1v) is 7.32. The fraction of sp³-hybridized carbons (Fsp3) is 0.353. The number of anilines is 2. The topological polar surface area (TPSA) is 28.2 Å². The lowest BCUT2D eigenvalue weighted by Crippen LogP contribution is -2.17. The number of rotatable bonds is 4. The van der Waals surface area contributed by atoms with E-state index in [2.05, 4.69) is 51.6 Å². The number of hydrogen-bond donors (Lipinski definition) is 1. The van der Waals surface area contributed by atoms with Gasteiger partial charge in [0.05, 0.1) is 0 Å². The molecule has 1 aliphatic rings. The zero-order chi connectivity index (χ0) is 13.8. The summed E-state index contributed by atoms with van der Waals surface area (Å²) in [5.41, 5.74) is 4.77. The SMILES string of the molecule is Cc1ccc(CNc2cccc(N3CCCC3)c2)cn1. The predicted octanol–water partition coefficient (Wildman–Crippen LogP) is 3.60. The summed E-state index contributed by atoms with van der Waals surface area (Å²) in [7, 11) is 0. The van der Waals surface area contributed by atoms with E-state index < -0.39 is 0 Å². The Bertz CT molecular complexity index is 557. The maximum absolute atomic E-state index is 4.32. The molecule has 0 unspecified atom stereocenters. The van der Waals surface area contributed by atoms with E-state index in [0.29, 0.717) is 0 Å². The highest BCUT2D eigenvalue weighted by Gasteiger charge is 2.12. The highest BCUT2D eigenvalue weighted by Crippen LogP contribution is 2.23. The number of nitrogens with zero attached hydrogens (tertiary/aromatic N) is 2. The minimum absolute atomic E-state index is 0.816. The first kappa shape index (κ1) is 13.0. The lowest BCUT2D eigenvalue weighted by molar-refractivity contribution is 0.949. The molecule has 1 fully saturated rings. The minimum Gasteiger partial charge on any atom is -0.381 e. The van der Waals surface area contributed by atoms with Crippen LogP contribution in [-0.2, 0) is 6.54 Å². The van der Waals surface area contributed by atoms with Gasteiger partial charge in [-0.1, -0.05) is 12.1 Å². The quantitative estimate of drug-likeness (QED) is 0.917. The van der Waals surface area contributed by atoms with Crippen LogP contribution in [0.25, 0.3) is 0 Å². The molecule has 3 rings (SSSR count). The molecule has 1 aliphatic heterocycles. The van der Waals surface area contributed by atoms with Crippen molar-refractivity contribution in [3.63, 3.8) is 0 Å². The second-order valence-electron chi connectivity index (χ2n) is 5.41. The van der Waals surface area contributed by atoms with Crippen LogP contribution in [-0.4, -0.2) is 18.1 Å². The van der Waals surface area contributed by atoms with Crippen molar-refractivity contribution in [2.45, 2.75) is 26.3 Å². The van der Waals surface area contributed by atoms with Gasteiger partial charge in [-0.3, -0.25) is 4.98 Å². The lowest BCUT2D eigenvalue weighted by atomic mass is 10.2. The van der Waals surface area contributed by atoms with Crippen LogP contribution in [0.5, 0.6) is 0 Å². The monoisotopic (exact) mass is 267 g/mol. The van der Waals surface area contributed by atoms with E-state index in [4.69, 9.17) is 0 Å². The van der Waals surface area contributed by atoms with Crippen LogP contribution in [0.4, 0.5) is 11.4 Å². The molecule has 0 atom stereocenters. The molecule has 20 heavy (non-hydrogen) atoms. The van der Waals surface area contributed by atoms with Crippen LogP contribution in [0.15, 0.2) is 42.6 Å². The van der Waals surface area contributed by atoms with E-state index in [-0.39, 0.29) is 0 Å². The fourth-order valence-electron chi connectivity index (χ4n) is 2.60. The molecular weight excluding hydrogens is 246 g/mol. The van der Waals surface area contributed by atoms with Gasteiger partial charge in [-0.15, -0.1) is 0 Å². The number of hydrogen-bond acceptors (Lipinski definition) is 3. The molecule has 1 N–H and O–H groups in total. The molecule has 3 nitrogen and oxygen atoms in total. The average molecular weight is 267 g/mol. The van der Waals surface area contributed by atoms with Crippen molar-refractivity contribution < 1.29 is 0 Å². The molecule has 0 radical (unpaired) electrons. The van der Waals surface area contributed by atoms with Gasteiger partial charge in [0, 0.05) is 42.9 Å². The number of nitrogens with one attached hydrogen (secondary N) is 1. The summed E-state index contributed by atoms with van der Waals surface area (Å²) in [6.45, 7) is 5.20. The normalized spacial score (nSPS) is 14.6. The van der Waals surface area contributed by atoms with E-state index in [9.17, 15) is 0 Å². The molecule has 104 valence electrons. The molecule has 0 amide bonds. The highest BCUT2D eigenvalue weighted by atomic mass is 15.1. The Morgan fingerprint density at radius 1 is 1.15 bits per heavy atom. The summed E-state index contributed by atoms with van der Waals surface area (Å²) in [5.74, 6) is 0. The third-order valence-electron chi connectivity index (χ3n) is 3.79. The summed E-state index contributed by atoms with van der Waals surface area (Å²) in [6.07, 6.45) is 4.56. The van der Waals surface area contributed by atoms with Crippen LogP contribution < -0.4 is 10.2 Å². The van der Waals surface area contributed by atoms with E-state index in [1.165, 1.54) is 42.9 Å². The molecule has 2 aromatic rings. The fourth-order valence-corrected chi connectivity index (χ4v) is 2.60. The molecule has 0 bridgehead atoms. The van der Waals surface area contributed by atoms with Crippen molar-refractivity contribution in [3.05, 3.63) is 53.9 Å². The molecule has 0 saturated carbocycles. The van der Waals surface area contributed by atoms with Crippen LogP contribution in [0.3, 0.4) is 0 Å². The summed E-state index contributed by atoms with van der Waals surface area (Å²) >= 11 is 0. The van der Waals surface area contributed by atoms with E-state index in [0.717, 1.165) is 12.2 Å². The molecular formula is C17H21N3. The zero-order valence-electron chi connectivity index (χ0n) is 12.0. The van der Waals surface area contributed by atoms with Crippen molar-refractivity contribution in [1.29, 1.82) is 0 Å². The molecule has 1 aromatic carbocycles. The van der Waals surface area contributed by atoms with Gasteiger partial charge in [-0.05, 0) is 49.6 Å². The summed E-state index contributed by atoms with van der Waals surface area (Å²) in [6, 6.07) is 12.9. The van der Waals surface area contributed by atoms with E-state index in [1.54, 1.807) is 0 Å². The minimum atomic E-state index is 0.816. The molecule has 0 aliphatic carbocycles. The maximum Gasteiger partial charge on any atom is 0.0416 e. The Labute approximate surface area is 120 Å². The van der Waals surface area contributed by atoms with Crippen LogP contribution in [0, 0.1) is 6.92 Å². The third-order valence-corrected chi connectivity index (χ3v) is 3.79. The predicted molar refractivity (Wildman–Crippen MR) is 84.2 cm³/mol.